The molecule has 3 rings (SSSR count). The molecule has 0 radical (unpaired) electrons. The van der Waals surface area contributed by atoms with Crippen molar-refractivity contribution < 1.29 is 18.3 Å². The Hall–Kier alpha value is -2.63. The molecular formula is C15H12F2N2O2. The summed E-state index contributed by atoms with van der Waals surface area (Å²) in [5, 5.41) is 0. The first-order valence-electron chi connectivity index (χ1n) is 6.24. The van der Waals surface area contributed by atoms with Crippen LogP contribution in [0.2, 0.25) is 0 Å². The number of ether oxygens (including phenoxy) is 2. The lowest BCUT2D eigenvalue weighted by Gasteiger charge is -2.04. The zero-order chi connectivity index (χ0) is 14.8. The van der Waals surface area contributed by atoms with Crippen LogP contribution < -0.4 is 9.47 Å². The summed E-state index contributed by atoms with van der Waals surface area (Å²) in [4.78, 5) is 4.49. The molecule has 1 aromatic carbocycles. The van der Waals surface area contributed by atoms with Gasteiger partial charge in [-0.3, -0.25) is 0 Å². The molecule has 0 fully saturated rings. The van der Waals surface area contributed by atoms with E-state index >= 15 is 0 Å². The number of rotatable bonds is 4. The van der Waals surface area contributed by atoms with Gasteiger partial charge in [0.1, 0.15) is 5.75 Å². The van der Waals surface area contributed by atoms with Crippen LogP contribution in [0.3, 0.4) is 0 Å². The number of halogens is 2. The molecule has 0 saturated heterocycles. The van der Waals surface area contributed by atoms with Gasteiger partial charge in [-0.1, -0.05) is 0 Å². The van der Waals surface area contributed by atoms with Crippen LogP contribution in [0.1, 0.15) is 0 Å². The van der Waals surface area contributed by atoms with Crippen LogP contribution in [-0.4, -0.2) is 23.1 Å². The van der Waals surface area contributed by atoms with E-state index in [9.17, 15) is 8.78 Å². The number of hydrogen-bond acceptors (Lipinski definition) is 3. The standard InChI is InChI=1S/C15H12F2N2O2/c1-20-13-3-2-8-19-9-12(18-14(13)19)10-4-6-11(7-5-10)21-15(16)17/h2-9,15H,1H3. The van der Waals surface area contributed by atoms with Gasteiger partial charge in [0.15, 0.2) is 11.4 Å². The van der Waals surface area contributed by atoms with Gasteiger partial charge in [-0.25, -0.2) is 4.98 Å². The monoisotopic (exact) mass is 290 g/mol. The van der Waals surface area contributed by atoms with E-state index in [-0.39, 0.29) is 5.75 Å². The molecule has 0 spiro atoms. The molecule has 2 aromatic heterocycles. The molecule has 0 bridgehead atoms. The lowest BCUT2D eigenvalue weighted by Crippen LogP contribution is -2.01. The first kappa shape index (κ1) is 13.4. The van der Waals surface area contributed by atoms with Crippen molar-refractivity contribution in [3.63, 3.8) is 0 Å². The molecule has 0 aliphatic heterocycles. The summed E-state index contributed by atoms with van der Waals surface area (Å²) < 4.78 is 35.6. The second-order valence-corrected chi connectivity index (χ2v) is 4.34. The van der Waals surface area contributed by atoms with Crippen molar-refractivity contribution in [2.75, 3.05) is 7.11 Å². The predicted octanol–water partition coefficient (Wildman–Crippen LogP) is 3.61. The van der Waals surface area contributed by atoms with Crippen LogP contribution in [0.5, 0.6) is 11.5 Å². The van der Waals surface area contributed by atoms with E-state index in [2.05, 4.69) is 9.72 Å². The van der Waals surface area contributed by atoms with Crippen LogP contribution in [-0.2, 0) is 0 Å². The van der Waals surface area contributed by atoms with E-state index in [0.717, 1.165) is 11.3 Å². The van der Waals surface area contributed by atoms with Gasteiger partial charge in [0.2, 0.25) is 0 Å². The quantitative estimate of drug-likeness (QED) is 0.736. The number of imidazole rings is 1. The van der Waals surface area contributed by atoms with Crippen molar-refractivity contribution in [3.8, 4) is 22.8 Å². The minimum absolute atomic E-state index is 0.120. The number of pyridine rings is 1. The zero-order valence-electron chi connectivity index (χ0n) is 11.2. The lowest BCUT2D eigenvalue weighted by atomic mass is 10.2. The number of hydrogen-bond donors (Lipinski definition) is 0. The van der Waals surface area contributed by atoms with E-state index in [4.69, 9.17) is 4.74 Å². The molecule has 108 valence electrons. The van der Waals surface area contributed by atoms with Crippen molar-refractivity contribution in [1.29, 1.82) is 0 Å². The van der Waals surface area contributed by atoms with Crippen molar-refractivity contribution in [3.05, 3.63) is 48.8 Å². The molecule has 4 nitrogen and oxygen atoms in total. The van der Waals surface area contributed by atoms with Gasteiger partial charge in [0, 0.05) is 18.0 Å². The summed E-state index contributed by atoms with van der Waals surface area (Å²) in [6.45, 7) is -2.82. The third-order valence-electron chi connectivity index (χ3n) is 3.04. The molecule has 0 unspecified atom stereocenters. The van der Waals surface area contributed by atoms with Crippen LogP contribution in [0.4, 0.5) is 8.78 Å². The van der Waals surface area contributed by atoms with Gasteiger partial charge in [-0.15, -0.1) is 0 Å². The first-order chi connectivity index (χ1) is 10.2. The topological polar surface area (TPSA) is 35.8 Å². The van der Waals surface area contributed by atoms with Crippen LogP contribution >= 0.6 is 0 Å². The predicted molar refractivity (Wildman–Crippen MR) is 73.8 cm³/mol. The third-order valence-corrected chi connectivity index (χ3v) is 3.04. The normalized spacial score (nSPS) is 11.0. The Morgan fingerprint density at radius 2 is 1.90 bits per heavy atom. The Balaban J connectivity index is 1.96. The van der Waals surface area contributed by atoms with E-state index in [1.807, 2.05) is 28.9 Å². The Morgan fingerprint density at radius 1 is 1.14 bits per heavy atom. The fraction of sp³-hybridized carbons (Fsp3) is 0.133. The SMILES string of the molecule is COc1cccn2cc(-c3ccc(OC(F)F)cc3)nc12. The van der Waals surface area contributed by atoms with Crippen LogP contribution in [0.25, 0.3) is 16.9 Å². The van der Waals surface area contributed by atoms with E-state index in [0.29, 0.717) is 11.4 Å². The maximum Gasteiger partial charge on any atom is 0.387 e. The molecule has 2 heterocycles. The maximum absolute atomic E-state index is 12.1. The van der Waals surface area contributed by atoms with Crippen molar-refractivity contribution in [2.24, 2.45) is 0 Å². The molecule has 21 heavy (non-hydrogen) atoms. The molecule has 0 aliphatic rings. The highest BCUT2D eigenvalue weighted by atomic mass is 19.3. The van der Waals surface area contributed by atoms with Gasteiger partial charge in [-0.05, 0) is 36.4 Å². The lowest BCUT2D eigenvalue weighted by molar-refractivity contribution is -0.0498. The summed E-state index contributed by atoms with van der Waals surface area (Å²) in [6, 6.07) is 10.0. The molecule has 0 saturated carbocycles. The second-order valence-electron chi connectivity index (χ2n) is 4.34. The fourth-order valence-electron chi connectivity index (χ4n) is 2.09. The molecular weight excluding hydrogens is 278 g/mol. The van der Waals surface area contributed by atoms with Crippen molar-refractivity contribution >= 4 is 5.65 Å². The maximum atomic E-state index is 12.1. The Labute approximate surface area is 119 Å². The summed E-state index contributed by atoms with van der Waals surface area (Å²) in [5.74, 6) is 0.788. The number of aromatic nitrogens is 2. The molecule has 0 amide bonds. The minimum Gasteiger partial charge on any atom is -0.493 e. The Morgan fingerprint density at radius 3 is 2.57 bits per heavy atom. The van der Waals surface area contributed by atoms with Gasteiger partial charge < -0.3 is 13.9 Å². The summed E-state index contributed by atoms with van der Waals surface area (Å²) in [6.07, 6.45) is 3.71. The average Bonchev–Trinajstić information content (AvgIpc) is 2.91. The zero-order valence-corrected chi connectivity index (χ0v) is 11.2. The van der Waals surface area contributed by atoms with E-state index in [1.165, 1.54) is 12.1 Å². The number of alkyl halides is 2. The van der Waals surface area contributed by atoms with Crippen molar-refractivity contribution in [1.82, 2.24) is 9.38 Å². The highest BCUT2D eigenvalue weighted by Gasteiger charge is 2.09. The Bertz CT molecular complexity index is 754. The summed E-state index contributed by atoms with van der Waals surface area (Å²) >= 11 is 0. The molecule has 0 aliphatic carbocycles. The highest BCUT2D eigenvalue weighted by Crippen LogP contribution is 2.26. The molecule has 6 heteroatoms. The second kappa shape index (κ2) is 5.40. The van der Waals surface area contributed by atoms with Crippen molar-refractivity contribution in [2.45, 2.75) is 6.61 Å². The number of benzene rings is 1. The summed E-state index contributed by atoms with van der Waals surface area (Å²) in [5.41, 5.74) is 2.23. The Kier molecular flexibility index (Phi) is 3.43. The number of nitrogens with zero attached hydrogens (tertiary/aromatic N) is 2. The first-order valence-corrected chi connectivity index (χ1v) is 6.24. The number of fused-ring (bicyclic) bond motifs is 1. The molecule has 3 aromatic rings. The van der Waals surface area contributed by atoms with Gasteiger partial charge in [0.05, 0.1) is 12.8 Å². The third kappa shape index (κ3) is 2.65. The smallest absolute Gasteiger partial charge is 0.387 e. The summed E-state index contributed by atoms with van der Waals surface area (Å²) in [7, 11) is 1.58. The van der Waals surface area contributed by atoms with E-state index in [1.54, 1.807) is 19.2 Å². The van der Waals surface area contributed by atoms with Crippen LogP contribution in [0.15, 0.2) is 48.8 Å². The minimum atomic E-state index is -2.82. The van der Waals surface area contributed by atoms with Gasteiger partial charge in [0.25, 0.3) is 0 Å². The van der Waals surface area contributed by atoms with Crippen LogP contribution in [0, 0.1) is 0 Å². The number of methoxy groups -OCH3 is 1. The highest BCUT2D eigenvalue weighted by molar-refractivity contribution is 5.66. The fourth-order valence-corrected chi connectivity index (χ4v) is 2.09. The van der Waals surface area contributed by atoms with E-state index < -0.39 is 6.61 Å². The van der Waals surface area contributed by atoms with Gasteiger partial charge >= 0.3 is 6.61 Å². The van der Waals surface area contributed by atoms with Gasteiger partial charge in [-0.2, -0.15) is 8.78 Å². The molecule has 0 atom stereocenters. The average molecular weight is 290 g/mol. The molecule has 0 N–H and O–H groups in total. The largest absolute Gasteiger partial charge is 0.493 e.